The second kappa shape index (κ2) is 8.18. The number of nitrogens with zero attached hydrogens (tertiary/aromatic N) is 2. The monoisotopic (exact) mass is 380 g/mol. The molecule has 2 N–H and O–H groups in total. The van der Waals surface area contributed by atoms with Gasteiger partial charge in [0.25, 0.3) is 5.91 Å². The number of carbonyl (C=O) groups excluding carboxylic acids is 1. The molecule has 0 saturated heterocycles. The number of nitrogens with one attached hydrogen (secondary N) is 2. The van der Waals surface area contributed by atoms with Gasteiger partial charge in [0.05, 0.1) is 5.56 Å². The standard InChI is InChI=1S/C21H21ClN4O/c1-13(2)18-6-4-5-14(3)19(18)26-20(27)15-11-23-21(24-12-15)25-17-9-7-16(22)8-10-17/h4-13H,1-3H3,(H,26,27)(H,23,24,25). The lowest BCUT2D eigenvalue weighted by Gasteiger charge is -2.16. The molecule has 138 valence electrons. The molecule has 0 fully saturated rings. The Morgan fingerprint density at radius 3 is 2.33 bits per heavy atom. The van der Waals surface area contributed by atoms with Crippen LogP contribution < -0.4 is 10.6 Å². The zero-order valence-electron chi connectivity index (χ0n) is 15.5. The minimum Gasteiger partial charge on any atom is -0.324 e. The fourth-order valence-electron chi connectivity index (χ4n) is 2.70. The number of amides is 1. The SMILES string of the molecule is Cc1cccc(C(C)C)c1NC(=O)c1cnc(Nc2ccc(Cl)cc2)nc1. The first-order valence-electron chi connectivity index (χ1n) is 8.69. The van der Waals surface area contributed by atoms with Crippen LogP contribution >= 0.6 is 11.6 Å². The van der Waals surface area contributed by atoms with Gasteiger partial charge in [-0.05, 0) is 48.2 Å². The maximum atomic E-state index is 12.6. The first-order chi connectivity index (χ1) is 12.9. The molecule has 0 spiro atoms. The molecule has 0 unspecified atom stereocenters. The zero-order chi connectivity index (χ0) is 19.4. The van der Waals surface area contributed by atoms with E-state index in [0.29, 0.717) is 22.5 Å². The number of aromatic nitrogens is 2. The molecular formula is C21H21ClN4O. The van der Waals surface area contributed by atoms with Crippen LogP contribution in [0.1, 0.15) is 41.3 Å². The lowest BCUT2D eigenvalue weighted by molar-refractivity contribution is 0.102. The van der Waals surface area contributed by atoms with Crippen molar-refractivity contribution >= 4 is 34.8 Å². The normalized spacial score (nSPS) is 10.7. The second-order valence-electron chi connectivity index (χ2n) is 6.58. The van der Waals surface area contributed by atoms with Gasteiger partial charge in [-0.3, -0.25) is 4.79 Å². The summed E-state index contributed by atoms with van der Waals surface area (Å²) in [7, 11) is 0. The third-order valence-electron chi connectivity index (χ3n) is 4.18. The first-order valence-corrected chi connectivity index (χ1v) is 9.07. The molecule has 1 aromatic heterocycles. The first kappa shape index (κ1) is 18.9. The molecule has 0 radical (unpaired) electrons. The molecule has 6 heteroatoms. The third kappa shape index (κ3) is 4.63. The number of hydrogen-bond acceptors (Lipinski definition) is 4. The Morgan fingerprint density at radius 1 is 1.04 bits per heavy atom. The van der Waals surface area contributed by atoms with Crippen molar-refractivity contribution in [1.29, 1.82) is 0 Å². The molecule has 0 aliphatic carbocycles. The summed E-state index contributed by atoms with van der Waals surface area (Å²) in [6, 6.07) is 13.2. The summed E-state index contributed by atoms with van der Waals surface area (Å²) in [5, 5.41) is 6.72. The van der Waals surface area contributed by atoms with Gasteiger partial charge in [-0.15, -0.1) is 0 Å². The summed E-state index contributed by atoms with van der Waals surface area (Å²) in [5.74, 6) is 0.485. The highest BCUT2D eigenvalue weighted by molar-refractivity contribution is 6.30. The Kier molecular flexibility index (Phi) is 5.72. The average molecular weight is 381 g/mol. The zero-order valence-corrected chi connectivity index (χ0v) is 16.2. The van der Waals surface area contributed by atoms with Crippen LogP contribution in [-0.4, -0.2) is 15.9 Å². The second-order valence-corrected chi connectivity index (χ2v) is 7.01. The van der Waals surface area contributed by atoms with Gasteiger partial charge in [0, 0.05) is 28.8 Å². The van der Waals surface area contributed by atoms with Crippen LogP contribution in [0.15, 0.2) is 54.9 Å². The lowest BCUT2D eigenvalue weighted by Crippen LogP contribution is -2.15. The van der Waals surface area contributed by atoms with Gasteiger partial charge >= 0.3 is 0 Å². The van der Waals surface area contributed by atoms with Crippen LogP contribution in [0.2, 0.25) is 5.02 Å². The highest BCUT2D eigenvalue weighted by Gasteiger charge is 2.14. The van der Waals surface area contributed by atoms with Crippen molar-refractivity contribution in [3.63, 3.8) is 0 Å². The predicted molar refractivity (Wildman–Crippen MR) is 110 cm³/mol. The molecule has 0 aliphatic rings. The van der Waals surface area contributed by atoms with Gasteiger partial charge in [-0.25, -0.2) is 9.97 Å². The van der Waals surface area contributed by atoms with Gasteiger partial charge < -0.3 is 10.6 Å². The van der Waals surface area contributed by atoms with Crippen LogP contribution in [0.3, 0.4) is 0 Å². The number of hydrogen-bond donors (Lipinski definition) is 2. The van der Waals surface area contributed by atoms with Crippen molar-refractivity contribution in [2.24, 2.45) is 0 Å². The summed E-state index contributed by atoms with van der Waals surface area (Å²) in [4.78, 5) is 21.1. The van der Waals surface area contributed by atoms with Gasteiger partial charge in [0.2, 0.25) is 5.95 Å². The largest absolute Gasteiger partial charge is 0.324 e. The molecule has 3 rings (SSSR count). The Hall–Kier alpha value is -2.92. The van der Waals surface area contributed by atoms with E-state index in [1.54, 1.807) is 12.1 Å². The summed E-state index contributed by atoms with van der Waals surface area (Å²) in [6.45, 7) is 6.19. The Morgan fingerprint density at radius 2 is 1.70 bits per heavy atom. The van der Waals surface area contributed by atoms with Crippen LogP contribution in [0.5, 0.6) is 0 Å². The number of para-hydroxylation sites is 1. The van der Waals surface area contributed by atoms with E-state index < -0.39 is 0 Å². The Bertz CT molecular complexity index is 937. The highest BCUT2D eigenvalue weighted by atomic mass is 35.5. The summed E-state index contributed by atoms with van der Waals surface area (Å²) in [5.41, 5.74) is 4.19. The molecule has 1 amide bonds. The molecular weight excluding hydrogens is 360 g/mol. The van der Waals surface area contributed by atoms with E-state index in [-0.39, 0.29) is 5.91 Å². The van der Waals surface area contributed by atoms with Crippen molar-refractivity contribution in [2.45, 2.75) is 26.7 Å². The van der Waals surface area contributed by atoms with Crippen LogP contribution in [0, 0.1) is 6.92 Å². The van der Waals surface area contributed by atoms with Crippen LogP contribution in [0.25, 0.3) is 0 Å². The number of halogens is 1. The fourth-order valence-corrected chi connectivity index (χ4v) is 2.83. The molecule has 3 aromatic rings. The average Bonchev–Trinajstić information content (AvgIpc) is 2.65. The minimum absolute atomic E-state index is 0.232. The van der Waals surface area contributed by atoms with E-state index in [4.69, 9.17) is 11.6 Å². The molecule has 1 heterocycles. The molecule has 27 heavy (non-hydrogen) atoms. The van der Waals surface area contributed by atoms with E-state index >= 15 is 0 Å². The van der Waals surface area contributed by atoms with E-state index in [2.05, 4.69) is 34.4 Å². The lowest BCUT2D eigenvalue weighted by atomic mass is 9.98. The summed E-state index contributed by atoms with van der Waals surface area (Å²) < 4.78 is 0. The molecule has 5 nitrogen and oxygen atoms in total. The van der Waals surface area contributed by atoms with Crippen molar-refractivity contribution < 1.29 is 4.79 Å². The maximum absolute atomic E-state index is 12.6. The number of aryl methyl sites for hydroxylation is 1. The van der Waals surface area contributed by atoms with Gasteiger partial charge in [0.1, 0.15) is 0 Å². The molecule has 2 aromatic carbocycles. The summed E-state index contributed by atoms with van der Waals surface area (Å²) in [6.07, 6.45) is 3.02. The minimum atomic E-state index is -0.232. The van der Waals surface area contributed by atoms with Crippen molar-refractivity contribution in [2.75, 3.05) is 10.6 Å². The quantitative estimate of drug-likeness (QED) is 0.608. The molecule has 0 aliphatic heterocycles. The number of carbonyl (C=O) groups is 1. The van der Waals surface area contributed by atoms with E-state index in [1.807, 2.05) is 37.3 Å². The number of anilines is 3. The maximum Gasteiger partial charge on any atom is 0.258 e. The van der Waals surface area contributed by atoms with Crippen molar-refractivity contribution in [3.8, 4) is 0 Å². The molecule has 0 atom stereocenters. The number of rotatable bonds is 5. The smallest absolute Gasteiger partial charge is 0.258 e. The molecule has 0 saturated carbocycles. The van der Waals surface area contributed by atoms with Gasteiger partial charge in [0.15, 0.2) is 0 Å². The van der Waals surface area contributed by atoms with Crippen molar-refractivity contribution in [3.05, 3.63) is 76.6 Å². The van der Waals surface area contributed by atoms with Crippen LogP contribution in [0.4, 0.5) is 17.3 Å². The van der Waals surface area contributed by atoms with E-state index in [0.717, 1.165) is 22.5 Å². The van der Waals surface area contributed by atoms with Crippen molar-refractivity contribution in [1.82, 2.24) is 9.97 Å². The van der Waals surface area contributed by atoms with E-state index in [9.17, 15) is 4.79 Å². The predicted octanol–water partition coefficient (Wildman–Crippen LogP) is 5.56. The molecule has 0 bridgehead atoms. The highest BCUT2D eigenvalue weighted by Crippen LogP contribution is 2.27. The topological polar surface area (TPSA) is 66.9 Å². The fraction of sp³-hybridized carbons (Fsp3) is 0.190. The Labute approximate surface area is 163 Å². The number of benzene rings is 2. The van der Waals surface area contributed by atoms with Crippen LogP contribution in [-0.2, 0) is 0 Å². The third-order valence-corrected chi connectivity index (χ3v) is 4.43. The van der Waals surface area contributed by atoms with Gasteiger partial charge in [-0.1, -0.05) is 43.6 Å². The van der Waals surface area contributed by atoms with Gasteiger partial charge in [-0.2, -0.15) is 0 Å². The van der Waals surface area contributed by atoms with E-state index in [1.165, 1.54) is 12.4 Å². The summed E-state index contributed by atoms with van der Waals surface area (Å²) >= 11 is 5.87. The Balaban J connectivity index is 1.74.